The van der Waals surface area contributed by atoms with Gasteiger partial charge in [0.05, 0.1) is 0 Å². The summed E-state index contributed by atoms with van der Waals surface area (Å²) in [6.07, 6.45) is 1.22. The highest BCUT2D eigenvalue weighted by atomic mass is 35.5. The Morgan fingerprint density at radius 2 is 2.09 bits per heavy atom. The lowest BCUT2D eigenvalue weighted by Gasteiger charge is -2.16. The molecule has 10 heteroatoms. The number of hydrogen-bond acceptors (Lipinski definition) is 4. The fraction of sp³-hybridized carbons (Fsp3) is 0.462. The van der Waals surface area contributed by atoms with Crippen LogP contribution in [0.1, 0.15) is 26.2 Å². The van der Waals surface area contributed by atoms with Gasteiger partial charge in [-0.2, -0.15) is 13.5 Å². The number of rotatable bonds is 9. The molecule has 1 aromatic carbocycles. The topological polar surface area (TPSA) is 92.7 Å². The number of carboxylic acids is 1. The first-order valence-electron chi connectivity index (χ1n) is 6.67. The number of unbranched alkanes of at least 4 members (excludes halogenated alkanes) is 1. The van der Waals surface area contributed by atoms with Crippen molar-refractivity contribution < 1.29 is 31.8 Å². The molecule has 0 heterocycles. The molecule has 0 aliphatic rings. The number of halogens is 3. The summed E-state index contributed by atoms with van der Waals surface area (Å²) in [5.74, 6) is -1.98. The number of hydrogen-bond donors (Lipinski definition) is 2. The molecule has 1 atom stereocenters. The zero-order valence-corrected chi connectivity index (χ0v) is 13.7. The number of carboxylic acid groups (broad SMARTS) is 1. The minimum absolute atomic E-state index is 0.0209. The molecule has 2 N–H and O–H groups in total. The van der Waals surface area contributed by atoms with E-state index >= 15 is 0 Å². The molecule has 0 aliphatic carbocycles. The van der Waals surface area contributed by atoms with E-state index in [0.29, 0.717) is 12.8 Å². The summed E-state index contributed by atoms with van der Waals surface area (Å²) in [5.41, 5.74) is 0. The van der Waals surface area contributed by atoms with Crippen LogP contribution < -0.4 is 9.46 Å². The van der Waals surface area contributed by atoms with Crippen molar-refractivity contribution >= 4 is 27.6 Å². The van der Waals surface area contributed by atoms with E-state index in [2.05, 4.69) is 4.74 Å². The van der Waals surface area contributed by atoms with Gasteiger partial charge >= 0.3 is 12.6 Å². The fourth-order valence-electron chi connectivity index (χ4n) is 1.78. The summed E-state index contributed by atoms with van der Waals surface area (Å²) in [4.78, 5) is 10.5. The zero-order valence-electron chi connectivity index (χ0n) is 12.1. The molecular weight excluding hydrogens is 356 g/mol. The van der Waals surface area contributed by atoms with Crippen molar-refractivity contribution in [1.29, 1.82) is 0 Å². The molecule has 0 aromatic heterocycles. The fourth-order valence-corrected chi connectivity index (χ4v) is 3.40. The second-order valence-corrected chi connectivity index (χ2v) is 6.74. The van der Waals surface area contributed by atoms with Gasteiger partial charge in [-0.25, -0.2) is 8.42 Å². The highest BCUT2D eigenvalue weighted by molar-refractivity contribution is 7.89. The minimum atomic E-state index is -4.41. The largest absolute Gasteiger partial charge is 0.480 e. The zero-order chi connectivity index (χ0) is 17.6. The lowest BCUT2D eigenvalue weighted by Crippen LogP contribution is -2.40. The van der Waals surface area contributed by atoms with Crippen LogP contribution in [0, 0.1) is 0 Å². The number of sulfonamides is 1. The first-order chi connectivity index (χ1) is 10.7. The second kappa shape index (κ2) is 8.42. The SMILES string of the molecule is CCCC[C@H](NS(=O)(=O)c1cc(Cl)ccc1OC(F)F)C(=O)O. The van der Waals surface area contributed by atoms with E-state index in [4.69, 9.17) is 16.7 Å². The normalized spacial score (nSPS) is 13.1. The van der Waals surface area contributed by atoms with Gasteiger partial charge in [-0.05, 0) is 24.6 Å². The monoisotopic (exact) mass is 371 g/mol. The van der Waals surface area contributed by atoms with Crippen molar-refractivity contribution in [3.05, 3.63) is 23.2 Å². The number of nitrogens with one attached hydrogen (secondary N) is 1. The van der Waals surface area contributed by atoms with Gasteiger partial charge in [-0.1, -0.05) is 31.4 Å². The number of alkyl halides is 2. The average molecular weight is 372 g/mol. The van der Waals surface area contributed by atoms with Crippen molar-refractivity contribution in [2.45, 2.75) is 43.7 Å². The van der Waals surface area contributed by atoms with E-state index in [9.17, 15) is 22.0 Å². The van der Waals surface area contributed by atoms with Crippen LogP contribution >= 0.6 is 11.6 Å². The standard InChI is InChI=1S/C13H16ClF2NO5S/c1-2-3-4-9(12(18)19)17-23(20,21)11-7-8(14)5-6-10(11)22-13(15)16/h5-7,9,13,17H,2-4H2,1H3,(H,18,19)/t9-/m0/s1. The number of benzene rings is 1. The average Bonchev–Trinajstić information content (AvgIpc) is 2.44. The molecule has 130 valence electrons. The number of ether oxygens (including phenoxy) is 1. The number of carbonyl (C=O) groups is 1. The molecule has 1 rings (SSSR count). The van der Waals surface area contributed by atoms with Crippen LogP contribution in [0.3, 0.4) is 0 Å². The van der Waals surface area contributed by atoms with Crippen LogP contribution in [-0.4, -0.2) is 32.1 Å². The van der Waals surface area contributed by atoms with Gasteiger partial charge in [0, 0.05) is 5.02 Å². The Hall–Kier alpha value is -1.45. The van der Waals surface area contributed by atoms with Crippen molar-refractivity contribution in [2.75, 3.05) is 0 Å². The first kappa shape index (κ1) is 19.6. The minimum Gasteiger partial charge on any atom is -0.480 e. The Labute approximate surface area is 137 Å². The molecule has 1 aromatic rings. The Morgan fingerprint density at radius 3 is 2.61 bits per heavy atom. The molecule has 0 saturated carbocycles. The summed E-state index contributed by atoms with van der Waals surface area (Å²) in [5, 5.41) is 9.05. The van der Waals surface area contributed by atoms with Crippen LogP contribution in [0.2, 0.25) is 5.02 Å². The van der Waals surface area contributed by atoms with Gasteiger partial charge in [0.2, 0.25) is 10.0 Å². The highest BCUT2D eigenvalue weighted by Crippen LogP contribution is 2.29. The third-order valence-corrected chi connectivity index (χ3v) is 4.58. The molecule has 0 amide bonds. The van der Waals surface area contributed by atoms with Gasteiger partial charge in [-0.3, -0.25) is 4.79 Å². The van der Waals surface area contributed by atoms with E-state index in [0.717, 1.165) is 12.1 Å². The van der Waals surface area contributed by atoms with Crippen molar-refractivity contribution in [1.82, 2.24) is 4.72 Å². The number of aliphatic carboxylic acids is 1. The van der Waals surface area contributed by atoms with Crippen LogP contribution in [0.5, 0.6) is 5.75 Å². The van der Waals surface area contributed by atoms with Gasteiger partial charge in [0.15, 0.2) is 0 Å². The third kappa shape index (κ3) is 5.92. The van der Waals surface area contributed by atoms with E-state index in [-0.39, 0.29) is 11.4 Å². The maximum Gasteiger partial charge on any atom is 0.387 e. The predicted octanol–water partition coefficient (Wildman–Crippen LogP) is 2.86. The maximum absolute atomic E-state index is 12.4. The van der Waals surface area contributed by atoms with Crippen LogP contribution in [0.25, 0.3) is 0 Å². The van der Waals surface area contributed by atoms with Gasteiger partial charge < -0.3 is 9.84 Å². The second-order valence-electron chi connectivity index (χ2n) is 4.62. The van der Waals surface area contributed by atoms with Crippen LogP contribution in [0.15, 0.2) is 23.1 Å². The Balaban J connectivity index is 3.15. The Morgan fingerprint density at radius 1 is 1.43 bits per heavy atom. The van der Waals surface area contributed by atoms with E-state index in [1.807, 2.05) is 11.6 Å². The van der Waals surface area contributed by atoms with Gasteiger partial charge in [0.25, 0.3) is 0 Å². The maximum atomic E-state index is 12.4. The molecule has 0 aliphatic heterocycles. The molecule has 6 nitrogen and oxygen atoms in total. The molecular formula is C13H16ClF2NO5S. The summed E-state index contributed by atoms with van der Waals surface area (Å²) in [7, 11) is -4.41. The van der Waals surface area contributed by atoms with Crippen LogP contribution in [0.4, 0.5) is 8.78 Å². The molecule has 0 spiro atoms. The quantitative estimate of drug-likeness (QED) is 0.696. The summed E-state index contributed by atoms with van der Waals surface area (Å²) < 4.78 is 55.5. The van der Waals surface area contributed by atoms with Gasteiger partial charge in [-0.15, -0.1) is 0 Å². The molecule has 0 bridgehead atoms. The van der Waals surface area contributed by atoms with E-state index in [1.54, 1.807) is 0 Å². The highest BCUT2D eigenvalue weighted by Gasteiger charge is 2.28. The predicted molar refractivity (Wildman–Crippen MR) is 79.4 cm³/mol. The van der Waals surface area contributed by atoms with Crippen molar-refractivity contribution in [3.63, 3.8) is 0 Å². The van der Waals surface area contributed by atoms with Gasteiger partial charge in [0.1, 0.15) is 16.7 Å². The molecule has 0 fully saturated rings. The molecule has 23 heavy (non-hydrogen) atoms. The van der Waals surface area contributed by atoms with Crippen LogP contribution in [-0.2, 0) is 14.8 Å². The van der Waals surface area contributed by atoms with E-state index < -0.39 is 39.3 Å². The smallest absolute Gasteiger partial charge is 0.387 e. The molecule has 0 unspecified atom stereocenters. The van der Waals surface area contributed by atoms with Crippen molar-refractivity contribution in [2.24, 2.45) is 0 Å². The Kier molecular flexibility index (Phi) is 7.17. The first-order valence-corrected chi connectivity index (χ1v) is 8.53. The molecule has 0 radical (unpaired) electrons. The lowest BCUT2D eigenvalue weighted by molar-refractivity contribution is -0.139. The summed E-state index contributed by atoms with van der Waals surface area (Å²) >= 11 is 5.69. The van der Waals surface area contributed by atoms with Crippen molar-refractivity contribution in [3.8, 4) is 5.75 Å². The third-order valence-electron chi connectivity index (χ3n) is 2.85. The van der Waals surface area contributed by atoms with E-state index in [1.165, 1.54) is 6.07 Å². The Bertz CT molecular complexity index is 654. The summed E-state index contributed by atoms with van der Waals surface area (Å²) in [6.45, 7) is -1.42. The lowest BCUT2D eigenvalue weighted by atomic mass is 10.1. The molecule has 0 saturated heterocycles. The summed E-state index contributed by atoms with van der Waals surface area (Å²) in [6, 6.07) is 1.70.